The number of rotatable bonds is 7. The zero-order valence-electron chi connectivity index (χ0n) is 16.9. The van der Waals surface area contributed by atoms with Gasteiger partial charge in [0.1, 0.15) is 0 Å². The molecule has 0 aliphatic carbocycles. The van der Waals surface area contributed by atoms with Crippen LogP contribution in [0.1, 0.15) is 23.9 Å². The van der Waals surface area contributed by atoms with Gasteiger partial charge in [0.25, 0.3) is 0 Å². The van der Waals surface area contributed by atoms with E-state index in [9.17, 15) is 0 Å². The fraction of sp³-hybridized carbons (Fsp3) is 0.474. The molecule has 1 aromatic carbocycles. The second kappa shape index (κ2) is 11.0. The molecular weight excluding hydrogens is 457 g/mol. The van der Waals surface area contributed by atoms with Crippen LogP contribution in [0.3, 0.4) is 0 Å². The van der Waals surface area contributed by atoms with E-state index in [1.165, 1.54) is 11.3 Å². The first kappa shape index (κ1) is 23.1. The molecule has 0 spiro atoms. The lowest BCUT2D eigenvalue weighted by Gasteiger charge is -2.14. The fourth-order valence-electron chi connectivity index (χ4n) is 2.82. The largest absolute Gasteiger partial charge is 0.493 e. The van der Waals surface area contributed by atoms with Crippen LogP contribution in [0.5, 0.6) is 11.5 Å². The van der Waals surface area contributed by atoms with Crippen molar-refractivity contribution in [1.29, 1.82) is 0 Å². The molecule has 0 saturated carbocycles. The van der Waals surface area contributed by atoms with E-state index in [2.05, 4.69) is 27.6 Å². The van der Waals surface area contributed by atoms with Crippen LogP contribution in [0.4, 0.5) is 5.69 Å². The summed E-state index contributed by atoms with van der Waals surface area (Å²) in [5.74, 6) is 2.12. The quantitative estimate of drug-likeness (QED) is 0.356. The van der Waals surface area contributed by atoms with Crippen molar-refractivity contribution in [3.8, 4) is 11.5 Å². The van der Waals surface area contributed by atoms with Gasteiger partial charge in [0.15, 0.2) is 17.5 Å². The second-order valence-corrected chi connectivity index (χ2v) is 5.95. The molecule has 0 atom stereocenters. The second-order valence-electron chi connectivity index (χ2n) is 5.95. The third kappa shape index (κ3) is 6.02. The number of hydrogen-bond donors (Lipinski definition) is 2. The molecule has 0 radical (unpaired) electrons. The number of halogens is 1. The van der Waals surface area contributed by atoms with Crippen molar-refractivity contribution in [2.75, 3.05) is 32.6 Å². The Hall–Kier alpha value is -1.97. The first-order valence-electron chi connectivity index (χ1n) is 8.77. The highest BCUT2D eigenvalue weighted by Gasteiger charge is 2.10. The Morgan fingerprint density at radius 1 is 1.26 bits per heavy atom. The highest BCUT2D eigenvalue weighted by Crippen LogP contribution is 2.30. The SMILES string of the molecule is CCOc1cc(NC(=NC)NCCc2c(C)nn(C)c2C)ccc1OC.I. The molecule has 0 aliphatic rings. The van der Waals surface area contributed by atoms with Crippen LogP contribution in [0.15, 0.2) is 23.2 Å². The van der Waals surface area contributed by atoms with Crippen molar-refractivity contribution in [3.63, 3.8) is 0 Å². The first-order chi connectivity index (χ1) is 12.5. The standard InChI is InChI=1S/C19H29N5O2.HI/c1-7-26-18-12-15(8-9-17(18)25-6)22-19(20-4)21-11-10-16-13(2)23-24(5)14(16)3;/h8-9,12H,7,10-11H2,1-6H3,(H2,20,21,22);1H. The van der Waals surface area contributed by atoms with Gasteiger partial charge < -0.3 is 20.1 Å². The lowest BCUT2D eigenvalue weighted by Crippen LogP contribution is -2.32. The molecule has 1 heterocycles. The van der Waals surface area contributed by atoms with Gasteiger partial charge in [-0.2, -0.15) is 5.10 Å². The summed E-state index contributed by atoms with van der Waals surface area (Å²) in [7, 11) is 5.36. The molecule has 27 heavy (non-hydrogen) atoms. The van der Waals surface area contributed by atoms with Crippen molar-refractivity contribution >= 4 is 35.6 Å². The Balaban J connectivity index is 0.00000364. The lowest BCUT2D eigenvalue weighted by molar-refractivity contribution is 0.311. The maximum Gasteiger partial charge on any atom is 0.195 e. The normalized spacial score (nSPS) is 11.0. The molecule has 7 nitrogen and oxygen atoms in total. The van der Waals surface area contributed by atoms with E-state index in [4.69, 9.17) is 9.47 Å². The monoisotopic (exact) mass is 487 g/mol. The first-order valence-corrected chi connectivity index (χ1v) is 8.77. The number of ether oxygens (including phenoxy) is 2. The minimum absolute atomic E-state index is 0. The van der Waals surface area contributed by atoms with E-state index in [0.29, 0.717) is 24.1 Å². The van der Waals surface area contributed by atoms with Gasteiger partial charge >= 0.3 is 0 Å². The summed E-state index contributed by atoms with van der Waals surface area (Å²) in [6, 6.07) is 5.72. The lowest BCUT2D eigenvalue weighted by atomic mass is 10.1. The molecule has 0 saturated heterocycles. The van der Waals surface area contributed by atoms with Crippen LogP contribution >= 0.6 is 24.0 Å². The van der Waals surface area contributed by atoms with Crippen LogP contribution in [0, 0.1) is 13.8 Å². The van der Waals surface area contributed by atoms with Gasteiger partial charge in [0.2, 0.25) is 0 Å². The molecule has 0 bridgehead atoms. The minimum Gasteiger partial charge on any atom is -0.493 e. The highest BCUT2D eigenvalue weighted by atomic mass is 127. The van der Waals surface area contributed by atoms with Gasteiger partial charge in [-0.25, -0.2) is 0 Å². The summed E-state index contributed by atoms with van der Waals surface area (Å²) in [6.45, 7) is 7.43. The van der Waals surface area contributed by atoms with Gasteiger partial charge in [-0.15, -0.1) is 24.0 Å². The smallest absolute Gasteiger partial charge is 0.195 e. The van der Waals surface area contributed by atoms with Crippen molar-refractivity contribution in [2.45, 2.75) is 27.2 Å². The van der Waals surface area contributed by atoms with Crippen LogP contribution < -0.4 is 20.1 Å². The van der Waals surface area contributed by atoms with Crippen molar-refractivity contribution in [1.82, 2.24) is 15.1 Å². The number of aromatic nitrogens is 2. The van der Waals surface area contributed by atoms with Crippen molar-refractivity contribution in [3.05, 3.63) is 35.2 Å². The topological polar surface area (TPSA) is 72.7 Å². The van der Waals surface area contributed by atoms with Gasteiger partial charge in [-0.05, 0) is 44.9 Å². The number of benzene rings is 1. The van der Waals surface area contributed by atoms with E-state index in [-0.39, 0.29) is 24.0 Å². The molecule has 8 heteroatoms. The Morgan fingerprint density at radius 3 is 2.56 bits per heavy atom. The summed E-state index contributed by atoms with van der Waals surface area (Å²) in [6.07, 6.45) is 0.888. The van der Waals surface area contributed by atoms with E-state index >= 15 is 0 Å². The predicted octanol–water partition coefficient (Wildman–Crippen LogP) is 3.29. The molecule has 0 unspecified atom stereocenters. The predicted molar refractivity (Wildman–Crippen MR) is 121 cm³/mol. The Labute approximate surface area is 178 Å². The van der Waals surface area contributed by atoms with Crippen LogP contribution in [0.2, 0.25) is 0 Å². The van der Waals surface area contributed by atoms with Gasteiger partial charge in [-0.1, -0.05) is 0 Å². The average molecular weight is 487 g/mol. The maximum absolute atomic E-state index is 5.62. The highest BCUT2D eigenvalue weighted by molar-refractivity contribution is 14.0. The summed E-state index contributed by atoms with van der Waals surface area (Å²) < 4.78 is 12.9. The van der Waals surface area contributed by atoms with Crippen LogP contribution in [-0.4, -0.2) is 43.0 Å². The molecule has 2 aromatic rings. The summed E-state index contributed by atoms with van der Waals surface area (Å²) in [4.78, 5) is 4.28. The molecule has 150 valence electrons. The van der Waals surface area contributed by atoms with Crippen molar-refractivity contribution in [2.24, 2.45) is 12.0 Å². The van der Waals surface area contributed by atoms with Gasteiger partial charge in [0, 0.05) is 38.1 Å². The molecule has 0 aliphatic heterocycles. The van der Waals surface area contributed by atoms with E-state index in [0.717, 1.165) is 24.3 Å². The summed E-state index contributed by atoms with van der Waals surface area (Å²) in [5, 5.41) is 11.1. The summed E-state index contributed by atoms with van der Waals surface area (Å²) in [5.41, 5.74) is 4.43. The van der Waals surface area contributed by atoms with E-state index < -0.39 is 0 Å². The number of methoxy groups -OCH3 is 1. The number of guanidine groups is 1. The van der Waals surface area contributed by atoms with Crippen LogP contribution in [0.25, 0.3) is 0 Å². The molecule has 1 aromatic heterocycles. The molecular formula is C19H30IN5O2. The molecule has 0 fully saturated rings. The average Bonchev–Trinajstić information content (AvgIpc) is 2.87. The Morgan fingerprint density at radius 2 is 2.00 bits per heavy atom. The zero-order chi connectivity index (χ0) is 19.1. The Kier molecular flexibility index (Phi) is 9.40. The number of nitrogens with one attached hydrogen (secondary N) is 2. The van der Waals surface area contributed by atoms with Crippen LogP contribution in [-0.2, 0) is 13.5 Å². The summed E-state index contributed by atoms with van der Waals surface area (Å²) >= 11 is 0. The number of anilines is 1. The van der Waals surface area contributed by atoms with Gasteiger partial charge in [-0.3, -0.25) is 9.67 Å². The zero-order valence-corrected chi connectivity index (χ0v) is 19.3. The van der Waals surface area contributed by atoms with Crippen molar-refractivity contribution < 1.29 is 9.47 Å². The number of hydrogen-bond acceptors (Lipinski definition) is 4. The minimum atomic E-state index is 0. The van der Waals surface area contributed by atoms with E-state index in [1.807, 2.05) is 43.8 Å². The van der Waals surface area contributed by atoms with Gasteiger partial charge in [0.05, 0.1) is 19.4 Å². The fourth-order valence-corrected chi connectivity index (χ4v) is 2.82. The molecule has 0 amide bonds. The Bertz CT molecular complexity index is 774. The number of nitrogens with zero attached hydrogens (tertiary/aromatic N) is 3. The van der Waals surface area contributed by atoms with E-state index in [1.54, 1.807) is 14.2 Å². The number of aliphatic imine (C=N–C) groups is 1. The third-order valence-electron chi connectivity index (χ3n) is 4.28. The third-order valence-corrected chi connectivity index (χ3v) is 4.28. The molecule has 2 rings (SSSR count). The number of aryl methyl sites for hydroxylation is 2. The molecule has 2 N–H and O–H groups in total. The maximum atomic E-state index is 5.62.